The number of ether oxygens (including phenoxy) is 1. The molecule has 0 bridgehead atoms. The zero-order valence-corrected chi connectivity index (χ0v) is 12.4. The average molecular weight is 299 g/mol. The lowest BCUT2D eigenvalue weighted by Crippen LogP contribution is -1.96. The Morgan fingerprint density at radius 1 is 1.33 bits per heavy atom. The van der Waals surface area contributed by atoms with Crippen molar-refractivity contribution in [3.63, 3.8) is 0 Å². The van der Waals surface area contributed by atoms with Crippen molar-refractivity contribution in [3.8, 4) is 5.75 Å². The lowest BCUT2D eigenvalue weighted by atomic mass is 10.1. The topological polar surface area (TPSA) is 67.6 Å². The van der Waals surface area contributed by atoms with Crippen LogP contribution < -0.4 is 4.74 Å². The number of pyridine rings is 2. The number of hydrogen-bond donors (Lipinski definition) is 1. The van der Waals surface area contributed by atoms with Crippen LogP contribution in [0.5, 0.6) is 5.75 Å². The number of aromatic nitrogens is 2. The lowest BCUT2D eigenvalue weighted by Gasteiger charge is -2.12. The molecule has 21 heavy (non-hydrogen) atoms. The molecule has 0 aliphatic rings. The minimum Gasteiger partial charge on any atom is -0.496 e. The Bertz CT molecular complexity index is 849. The Morgan fingerprint density at radius 2 is 2.19 bits per heavy atom. The van der Waals surface area contributed by atoms with E-state index in [1.807, 2.05) is 30.5 Å². The Hall–Kier alpha value is -2.34. The number of benzene rings is 1. The number of rotatable bonds is 3. The van der Waals surface area contributed by atoms with Gasteiger partial charge >= 0.3 is 0 Å². The van der Waals surface area contributed by atoms with Gasteiger partial charge in [0.25, 0.3) is 0 Å². The first kappa shape index (κ1) is 13.6. The van der Waals surface area contributed by atoms with Gasteiger partial charge in [0.2, 0.25) is 0 Å². The summed E-state index contributed by atoms with van der Waals surface area (Å²) < 4.78 is 5.51. The molecule has 2 aromatic heterocycles. The molecule has 5 nitrogen and oxygen atoms in total. The number of nitrogens with zero attached hydrogens (tertiary/aromatic N) is 3. The minimum absolute atomic E-state index is 0.578. The molecule has 0 unspecified atom stereocenters. The molecule has 1 N–H and O–H groups in total. The summed E-state index contributed by atoms with van der Waals surface area (Å²) in [6.07, 6.45) is 5.03. The summed E-state index contributed by atoms with van der Waals surface area (Å²) in [7, 11) is 1.64. The van der Waals surface area contributed by atoms with E-state index in [1.165, 1.54) is 6.21 Å². The third-order valence-corrected chi connectivity index (χ3v) is 3.99. The van der Waals surface area contributed by atoms with Gasteiger partial charge in [-0.2, -0.15) is 0 Å². The largest absolute Gasteiger partial charge is 0.496 e. The normalized spacial score (nSPS) is 11.5. The van der Waals surface area contributed by atoms with Gasteiger partial charge in [-0.15, -0.1) is 11.8 Å². The fourth-order valence-corrected chi connectivity index (χ4v) is 2.98. The molecule has 1 aromatic carbocycles. The molecule has 0 saturated carbocycles. The summed E-state index contributed by atoms with van der Waals surface area (Å²) >= 11 is 1.59. The SMILES string of the molecule is COc1cc2cccnc2c2nc(C=NO)cc(SC)c12. The standard InChI is InChI=1S/C15H13N3O2S/c1-20-11-6-9-4-3-5-16-14(9)15-13(11)12(21-2)7-10(18-15)8-17-19/h3-8,19H,1-2H3. The predicted molar refractivity (Wildman–Crippen MR) is 84.8 cm³/mol. The quantitative estimate of drug-likeness (QED) is 0.264. The summed E-state index contributed by atoms with van der Waals surface area (Å²) in [5.41, 5.74) is 2.12. The van der Waals surface area contributed by atoms with Crippen LogP contribution in [0.4, 0.5) is 0 Å². The van der Waals surface area contributed by atoms with Crippen molar-refractivity contribution >= 4 is 39.8 Å². The van der Waals surface area contributed by atoms with E-state index in [-0.39, 0.29) is 0 Å². The van der Waals surface area contributed by atoms with Crippen LogP contribution in [0.25, 0.3) is 21.8 Å². The van der Waals surface area contributed by atoms with E-state index >= 15 is 0 Å². The van der Waals surface area contributed by atoms with Crippen LogP contribution in [0.15, 0.2) is 40.5 Å². The van der Waals surface area contributed by atoms with Gasteiger partial charge in [-0.3, -0.25) is 4.98 Å². The summed E-state index contributed by atoms with van der Waals surface area (Å²) in [6, 6.07) is 7.68. The maximum absolute atomic E-state index is 8.75. The highest BCUT2D eigenvalue weighted by molar-refractivity contribution is 7.98. The van der Waals surface area contributed by atoms with Gasteiger partial charge in [0.1, 0.15) is 11.3 Å². The van der Waals surface area contributed by atoms with Gasteiger partial charge in [0.15, 0.2) is 0 Å². The maximum Gasteiger partial charge on any atom is 0.130 e. The Labute approximate surface area is 125 Å². The average Bonchev–Trinajstić information content (AvgIpc) is 2.53. The molecule has 0 amide bonds. The molecule has 0 aliphatic heterocycles. The molecule has 106 valence electrons. The summed E-state index contributed by atoms with van der Waals surface area (Å²) in [5, 5.41) is 13.7. The van der Waals surface area contributed by atoms with Crippen molar-refractivity contribution in [1.82, 2.24) is 9.97 Å². The minimum atomic E-state index is 0.578. The van der Waals surface area contributed by atoms with Gasteiger partial charge in [-0.1, -0.05) is 11.2 Å². The van der Waals surface area contributed by atoms with Crippen molar-refractivity contribution in [2.45, 2.75) is 4.90 Å². The molecule has 0 radical (unpaired) electrons. The molecule has 0 saturated heterocycles. The van der Waals surface area contributed by atoms with Crippen LogP contribution in [0.3, 0.4) is 0 Å². The molecule has 3 aromatic rings. The van der Waals surface area contributed by atoms with E-state index in [0.717, 1.165) is 32.5 Å². The van der Waals surface area contributed by atoms with Crippen molar-refractivity contribution in [3.05, 3.63) is 36.2 Å². The van der Waals surface area contributed by atoms with Crippen molar-refractivity contribution < 1.29 is 9.94 Å². The molecule has 0 atom stereocenters. The van der Waals surface area contributed by atoms with Crippen LogP contribution in [0, 0.1) is 0 Å². The molecule has 3 rings (SSSR count). The predicted octanol–water partition coefficient (Wildman–Crippen LogP) is 3.32. The number of methoxy groups -OCH3 is 1. The molecule has 0 fully saturated rings. The third kappa shape index (κ3) is 2.27. The van der Waals surface area contributed by atoms with Crippen molar-refractivity contribution in [1.29, 1.82) is 0 Å². The zero-order chi connectivity index (χ0) is 14.8. The smallest absolute Gasteiger partial charge is 0.130 e. The van der Waals surface area contributed by atoms with Crippen LogP contribution in [-0.4, -0.2) is 34.8 Å². The second-order valence-corrected chi connectivity index (χ2v) is 5.22. The number of hydrogen-bond acceptors (Lipinski definition) is 6. The van der Waals surface area contributed by atoms with Gasteiger partial charge in [-0.25, -0.2) is 4.98 Å². The third-order valence-electron chi connectivity index (χ3n) is 3.23. The van der Waals surface area contributed by atoms with Crippen LogP contribution in [0.2, 0.25) is 0 Å². The van der Waals surface area contributed by atoms with Gasteiger partial charge < -0.3 is 9.94 Å². The van der Waals surface area contributed by atoms with Gasteiger partial charge in [0, 0.05) is 16.5 Å². The summed E-state index contributed by atoms with van der Waals surface area (Å²) in [4.78, 5) is 9.97. The first-order valence-electron chi connectivity index (χ1n) is 6.26. The van der Waals surface area contributed by atoms with E-state index in [1.54, 1.807) is 25.1 Å². The van der Waals surface area contributed by atoms with E-state index in [0.29, 0.717) is 5.69 Å². The summed E-state index contributed by atoms with van der Waals surface area (Å²) in [5.74, 6) is 0.759. The van der Waals surface area contributed by atoms with E-state index < -0.39 is 0 Å². The fourth-order valence-electron chi connectivity index (χ4n) is 2.34. The molecule has 2 heterocycles. The van der Waals surface area contributed by atoms with Crippen LogP contribution in [0.1, 0.15) is 5.69 Å². The van der Waals surface area contributed by atoms with E-state index in [4.69, 9.17) is 9.94 Å². The molecular weight excluding hydrogens is 286 g/mol. The number of thioether (sulfide) groups is 1. The van der Waals surface area contributed by atoms with Gasteiger partial charge in [-0.05, 0) is 24.5 Å². The highest BCUT2D eigenvalue weighted by Gasteiger charge is 2.14. The highest BCUT2D eigenvalue weighted by atomic mass is 32.2. The van der Waals surface area contributed by atoms with Gasteiger partial charge in [0.05, 0.1) is 29.9 Å². The maximum atomic E-state index is 8.75. The zero-order valence-electron chi connectivity index (χ0n) is 11.6. The molecule has 0 aliphatic carbocycles. The lowest BCUT2D eigenvalue weighted by molar-refractivity contribution is 0.321. The van der Waals surface area contributed by atoms with E-state index in [9.17, 15) is 0 Å². The van der Waals surface area contributed by atoms with E-state index in [2.05, 4.69) is 15.1 Å². The second kappa shape index (κ2) is 5.57. The Morgan fingerprint density at radius 3 is 2.90 bits per heavy atom. The summed E-state index contributed by atoms with van der Waals surface area (Å²) in [6.45, 7) is 0. The number of oxime groups is 1. The first-order chi connectivity index (χ1) is 10.3. The molecule has 0 spiro atoms. The van der Waals surface area contributed by atoms with Crippen LogP contribution >= 0.6 is 11.8 Å². The number of fused-ring (bicyclic) bond motifs is 3. The molecular formula is C15H13N3O2S. The Kier molecular flexibility index (Phi) is 3.62. The second-order valence-electron chi connectivity index (χ2n) is 4.37. The molecule has 6 heteroatoms. The highest BCUT2D eigenvalue weighted by Crippen LogP contribution is 2.37. The monoisotopic (exact) mass is 299 g/mol. The Balaban J connectivity index is 2.52. The van der Waals surface area contributed by atoms with Crippen molar-refractivity contribution in [2.75, 3.05) is 13.4 Å². The van der Waals surface area contributed by atoms with Crippen molar-refractivity contribution in [2.24, 2.45) is 5.16 Å². The first-order valence-corrected chi connectivity index (χ1v) is 7.49. The fraction of sp³-hybridized carbons (Fsp3) is 0.133. The van der Waals surface area contributed by atoms with Crippen LogP contribution in [-0.2, 0) is 0 Å².